The first-order chi connectivity index (χ1) is 11.5. The maximum atomic E-state index is 11.8. The number of hydrogen-bond donors (Lipinski definition) is 1. The summed E-state index contributed by atoms with van der Waals surface area (Å²) in [6.45, 7) is 2.18. The molecule has 0 aromatic rings. The Morgan fingerprint density at radius 1 is 1.29 bits per heavy atom. The highest BCUT2D eigenvalue weighted by Gasteiger charge is 2.61. The molecule has 0 spiro atoms. The number of ketones is 1. The lowest BCUT2D eigenvalue weighted by atomic mass is 9.49. The largest absolute Gasteiger partial charge is 0.373 e. The van der Waals surface area contributed by atoms with E-state index in [1.807, 2.05) is 12.2 Å². The van der Waals surface area contributed by atoms with Crippen molar-refractivity contribution in [3.05, 3.63) is 23.8 Å². The number of carbonyl (C=O) groups excluding carboxylic acids is 1. The van der Waals surface area contributed by atoms with Crippen molar-refractivity contribution >= 4 is 17.4 Å². The quantitative estimate of drug-likeness (QED) is 0.571. The number of fused-ring (bicyclic) bond motifs is 5. The number of hydrogen-bond acceptors (Lipinski definition) is 2. The molecule has 4 aliphatic rings. The fourth-order valence-corrected chi connectivity index (χ4v) is 6.57. The van der Waals surface area contributed by atoms with E-state index in [-0.39, 0.29) is 5.41 Å². The molecule has 24 heavy (non-hydrogen) atoms. The van der Waals surface area contributed by atoms with Gasteiger partial charge in [-0.1, -0.05) is 18.6 Å². The van der Waals surface area contributed by atoms with Gasteiger partial charge in [-0.05, 0) is 91.9 Å². The van der Waals surface area contributed by atoms with E-state index in [0.717, 1.165) is 38.5 Å². The van der Waals surface area contributed by atoms with Gasteiger partial charge in [-0.3, -0.25) is 4.79 Å². The van der Waals surface area contributed by atoms with Crippen molar-refractivity contribution in [3.8, 4) is 11.3 Å². The number of aliphatic hydroxyl groups is 1. The zero-order valence-corrected chi connectivity index (χ0v) is 15.0. The highest BCUT2D eigenvalue weighted by molar-refractivity contribution is 6.30. The maximum absolute atomic E-state index is 11.8. The SMILES string of the molecule is CC[C@]12CC[C@H]3[C@@H](CCC4=CC(=O)CC[C@@H]43)[C@@H]1C=C[C@@]2(O)C#CCl. The Balaban J connectivity index is 1.68. The van der Waals surface area contributed by atoms with Crippen LogP contribution in [-0.4, -0.2) is 16.5 Å². The number of carbonyl (C=O) groups is 1. The standard InChI is InChI=1S/C21H25ClO2/c1-2-20-9-7-17-16-6-4-15(23)13-14(16)3-5-18(17)19(20)8-10-21(20,24)11-12-22/h8,10,13,16-19,24H,2-7,9H2,1H3/t16-,17+,18+,19-,20-,21+/m0/s1. The van der Waals surface area contributed by atoms with Crippen molar-refractivity contribution in [2.24, 2.45) is 29.1 Å². The minimum Gasteiger partial charge on any atom is -0.373 e. The summed E-state index contributed by atoms with van der Waals surface area (Å²) in [4.78, 5) is 11.8. The van der Waals surface area contributed by atoms with E-state index in [1.54, 1.807) is 0 Å². The average molecular weight is 345 g/mol. The predicted molar refractivity (Wildman–Crippen MR) is 95.2 cm³/mol. The van der Waals surface area contributed by atoms with E-state index < -0.39 is 5.60 Å². The Bertz CT molecular complexity index is 682. The van der Waals surface area contributed by atoms with Crippen molar-refractivity contribution < 1.29 is 9.90 Å². The van der Waals surface area contributed by atoms with Gasteiger partial charge in [0.05, 0.1) is 0 Å². The van der Waals surface area contributed by atoms with Crippen LogP contribution in [0.5, 0.6) is 0 Å². The Morgan fingerprint density at radius 2 is 2.12 bits per heavy atom. The second kappa shape index (κ2) is 5.75. The summed E-state index contributed by atoms with van der Waals surface area (Å²) >= 11 is 5.67. The van der Waals surface area contributed by atoms with Crippen molar-refractivity contribution in [1.29, 1.82) is 0 Å². The zero-order valence-electron chi connectivity index (χ0n) is 14.2. The lowest BCUT2D eigenvalue weighted by molar-refractivity contribution is -0.116. The first-order valence-corrected chi connectivity index (χ1v) is 9.70. The van der Waals surface area contributed by atoms with Gasteiger partial charge in [0.25, 0.3) is 0 Å². The molecular weight excluding hydrogens is 320 g/mol. The maximum Gasteiger partial charge on any atom is 0.155 e. The molecule has 0 aromatic heterocycles. The summed E-state index contributed by atoms with van der Waals surface area (Å²) in [5.74, 6) is 5.41. The van der Waals surface area contributed by atoms with Crippen LogP contribution in [0.1, 0.15) is 51.9 Å². The van der Waals surface area contributed by atoms with E-state index in [4.69, 9.17) is 11.6 Å². The second-order valence-corrected chi connectivity index (χ2v) is 8.31. The molecule has 2 saturated carbocycles. The zero-order chi connectivity index (χ0) is 16.9. The molecular formula is C21H25ClO2. The van der Waals surface area contributed by atoms with Crippen LogP contribution >= 0.6 is 11.6 Å². The fourth-order valence-electron chi connectivity index (χ4n) is 6.42. The molecule has 0 bridgehead atoms. The van der Waals surface area contributed by atoms with E-state index in [9.17, 15) is 9.90 Å². The van der Waals surface area contributed by atoms with Crippen molar-refractivity contribution in [2.75, 3.05) is 0 Å². The molecule has 6 atom stereocenters. The summed E-state index contributed by atoms with van der Waals surface area (Å²) < 4.78 is 0. The van der Waals surface area contributed by atoms with Crippen LogP contribution in [0, 0.1) is 40.4 Å². The van der Waals surface area contributed by atoms with Crippen LogP contribution in [0.15, 0.2) is 23.8 Å². The third-order valence-electron chi connectivity index (χ3n) is 7.55. The van der Waals surface area contributed by atoms with Crippen LogP contribution in [0.2, 0.25) is 0 Å². The molecule has 0 unspecified atom stereocenters. The smallest absolute Gasteiger partial charge is 0.155 e. The van der Waals surface area contributed by atoms with Crippen molar-refractivity contribution in [3.63, 3.8) is 0 Å². The summed E-state index contributed by atoms with van der Waals surface area (Å²) in [7, 11) is 0. The van der Waals surface area contributed by atoms with Crippen molar-refractivity contribution in [1.82, 2.24) is 0 Å². The summed E-state index contributed by atoms with van der Waals surface area (Å²) in [5, 5.41) is 13.6. The van der Waals surface area contributed by atoms with E-state index in [1.165, 1.54) is 5.57 Å². The Morgan fingerprint density at radius 3 is 2.88 bits per heavy atom. The summed E-state index contributed by atoms with van der Waals surface area (Å²) in [5.41, 5.74) is 0.119. The molecule has 0 saturated heterocycles. The topological polar surface area (TPSA) is 37.3 Å². The molecule has 0 heterocycles. The molecule has 0 aromatic carbocycles. The first kappa shape index (κ1) is 16.4. The van der Waals surface area contributed by atoms with E-state index in [0.29, 0.717) is 35.9 Å². The molecule has 4 aliphatic carbocycles. The van der Waals surface area contributed by atoms with Crippen LogP contribution in [0.3, 0.4) is 0 Å². The van der Waals surface area contributed by atoms with Gasteiger partial charge < -0.3 is 5.11 Å². The second-order valence-electron chi connectivity index (χ2n) is 8.12. The van der Waals surface area contributed by atoms with Gasteiger partial charge in [-0.25, -0.2) is 0 Å². The minimum absolute atomic E-state index is 0.193. The van der Waals surface area contributed by atoms with E-state index >= 15 is 0 Å². The third kappa shape index (κ3) is 2.11. The van der Waals surface area contributed by atoms with Crippen LogP contribution in [0.25, 0.3) is 0 Å². The molecule has 2 nitrogen and oxygen atoms in total. The Hall–Kier alpha value is -1.04. The van der Waals surface area contributed by atoms with Crippen LogP contribution in [-0.2, 0) is 4.79 Å². The average Bonchev–Trinajstić information content (AvgIpc) is 2.88. The lowest BCUT2D eigenvalue weighted by Gasteiger charge is -2.55. The lowest BCUT2D eigenvalue weighted by Crippen LogP contribution is -2.54. The highest BCUT2D eigenvalue weighted by atomic mass is 35.5. The van der Waals surface area contributed by atoms with Gasteiger partial charge in [-0.2, -0.15) is 0 Å². The molecule has 128 valence electrons. The Labute approximate surface area is 149 Å². The number of allylic oxidation sites excluding steroid dienone is 3. The van der Waals surface area contributed by atoms with Crippen LogP contribution < -0.4 is 0 Å². The summed E-state index contributed by atoms with van der Waals surface area (Å²) in [6, 6.07) is 0. The monoisotopic (exact) mass is 344 g/mol. The predicted octanol–water partition coefficient (Wildman–Crippen LogP) is 4.23. The highest BCUT2D eigenvalue weighted by Crippen LogP contribution is 2.63. The van der Waals surface area contributed by atoms with Gasteiger partial charge in [0, 0.05) is 17.2 Å². The normalized spacial score (nSPS) is 46.3. The molecule has 1 N–H and O–H groups in total. The van der Waals surface area contributed by atoms with Gasteiger partial charge in [0.15, 0.2) is 11.4 Å². The molecule has 2 fully saturated rings. The minimum atomic E-state index is -1.09. The fraction of sp³-hybridized carbons (Fsp3) is 0.667. The third-order valence-corrected chi connectivity index (χ3v) is 7.65. The number of halogens is 1. The molecule has 4 rings (SSSR count). The van der Waals surface area contributed by atoms with Gasteiger partial charge in [-0.15, -0.1) is 0 Å². The summed E-state index contributed by atoms with van der Waals surface area (Å²) in [6.07, 6.45) is 13.0. The Kier molecular flexibility index (Phi) is 3.94. The molecule has 3 heteroatoms. The number of rotatable bonds is 1. The molecule has 0 aliphatic heterocycles. The van der Waals surface area contributed by atoms with E-state index in [2.05, 4.69) is 24.3 Å². The van der Waals surface area contributed by atoms with Crippen LogP contribution in [0.4, 0.5) is 0 Å². The van der Waals surface area contributed by atoms with Crippen molar-refractivity contribution in [2.45, 2.75) is 57.5 Å². The molecule has 0 radical (unpaired) electrons. The van der Waals surface area contributed by atoms with Gasteiger partial charge in [0.2, 0.25) is 0 Å². The van der Waals surface area contributed by atoms with Gasteiger partial charge >= 0.3 is 0 Å². The molecule has 0 amide bonds. The van der Waals surface area contributed by atoms with Gasteiger partial charge in [0.1, 0.15) is 0 Å². The first-order valence-electron chi connectivity index (χ1n) is 9.32.